The summed E-state index contributed by atoms with van der Waals surface area (Å²) >= 11 is 0. The average molecular weight is 251 g/mol. The fourth-order valence-corrected chi connectivity index (χ4v) is 1.22. The summed E-state index contributed by atoms with van der Waals surface area (Å²) in [6.45, 7) is 3.55. The summed E-state index contributed by atoms with van der Waals surface area (Å²) in [4.78, 5) is 25.8. The summed E-state index contributed by atoms with van der Waals surface area (Å²) in [6.07, 6.45) is 3.10. The van der Waals surface area contributed by atoms with Gasteiger partial charge < -0.3 is 15.4 Å². The quantitative estimate of drug-likeness (QED) is 0.751. The molecule has 0 radical (unpaired) electrons. The van der Waals surface area contributed by atoms with Gasteiger partial charge in [0.2, 0.25) is 11.8 Å². The van der Waals surface area contributed by atoms with Crippen LogP contribution in [0.15, 0.2) is 24.5 Å². The van der Waals surface area contributed by atoms with Crippen molar-refractivity contribution in [1.82, 2.24) is 15.6 Å². The molecule has 0 fully saturated rings. The molecule has 1 heterocycles. The zero-order valence-corrected chi connectivity index (χ0v) is 10.5. The first-order valence-corrected chi connectivity index (χ1v) is 5.65. The van der Waals surface area contributed by atoms with Crippen molar-refractivity contribution in [3.05, 3.63) is 24.5 Å². The normalized spacial score (nSPS) is 11.4. The number of pyridine rings is 1. The molecule has 1 rings (SSSR count). The molecule has 6 nitrogen and oxygen atoms in total. The van der Waals surface area contributed by atoms with E-state index < -0.39 is 0 Å². The van der Waals surface area contributed by atoms with Crippen LogP contribution in [0.25, 0.3) is 0 Å². The molecule has 2 N–H and O–H groups in total. The Labute approximate surface area is 106 Å². The highest BCUT2D eigenvalue weighted by Crippen LogP contribution is 2.08. The van der Waals surface area contributed by atoms with Gasteiger partial charge in [0.1, 0.15) is 11.9 Å². The lowest BCUT2D eigenvalue weighted by molar-refractivity contribution is -0.125. The minimum atomic E-state index is -0.244. The van der Waals surface area contributed by atoms with E-state index in [2.05, 4.69) is 15.6 Å². The minimum Gasteiger partial charge on any atom is -0.487 e. The summed E-state index contributed by atoms with van der Waals surface area (Å²) in [5.41, 5.74) is 0. The maximum absolute atomic E-state index is 11.3. The predicted octanol–water partition coefficient (Wildman–Crippen LogP) is 0.101. The maximum Gasteiger partial charge on any atom is 0.239 e. The second-order valence-electron chi connectivity index (χ2n) is 3.83. The second kappa shape index (κ2) is 7.26. The Hall–Kier alpha value is -2.11. The minimum absolute atomic E-state index is 0.0189. The monoisotopic (exact) mass is 251 g/mol. The Bertz CT molecular complexity index is 395. The van der Waals surface area contributed by atoms with Crippen molar-refractivity contribution >= 4 is 11.8 Å². The first-order chi connectivity index (χ1) is 8.58. The van der Waals surface area contributed by atoms with Gasteiger partial charge in [-0.15, -0.1) is 0 Å². The first-order valence-electron chi connectivity index (χ1n) is 5.65. The van der Waals surface area contributed by atoms with Gasteiger partial charge in [-0.25, -0.2) is 0 Å². The summed E-state index contributed by atoms with van der Waals surface area (Å²) in [5.74, 6) is 0.178. The number of carbonyl (C=O) groups is 2. The van der Waals surface area contributed by atoms with E-state index >= 15 is 0 Å². The highest BCUT2D eigenvalue weighted by Gasteiger charge is 2.07. The lowest BCUT2D eigenvalue weighted by Gasteiger charge is -2.15. The summed E-state index contributed by atoms with van der Waals surface area (Å²) in [6, 6.07) is 3.57. The number of ether oxygens (including phenoxy) is 1. The third-order valence-corrected chi connectivity index (χ3v) is 2.06. The van der Waals surface area contributed by atoms with Crippen molar-refractivity contribution in [2.24, 2.45) is 0 Å². The van der Waals surface area contributed by atoms with Crippen LogP contribution in [0.1, 0.15) is 13.8 Å². The van der Waals surface area contributed by atoms with Crippen LogP contribution in [0.3, 0.4) is 0 Å². The maximum atomic E-state index is 11.3. The van der Waals surface area contributed by atoms with E-state index in [1.807, 2.05) is 6.92 Å². The van der Waals surface area contributed by atoms with Crippen molar-refractivity contribution in [2.45, 2.75) is 20.0 Å². The Morgan fingerprint density at radius 3 is 2.83 bits per heavy atom. The molecule has 6 heteroatoms. The van der Waals surface area contributed by atoms with Gasteiger partial charge in [-0.05, 0) is 19.1 Å². The molecule has 0 bridgehead atoms. The molecule has 0 aliphatic rings. The number of nitrogens with one attached hydrogen (secondary N) is 2. The highest BCUT2D eigenvalue weighted by atomic mass is 16.5. The fourth-order valence-electron chi connectivity index (χ4n) is 1.22. The number of carbonyl (C=O) groups excluding carboxylic acids is 2. The number of nitrogens with zero attached hydrogens (tertiary/aromatic N) is 1. The van der Waals surface area contributed by atoms with Crippen LogP contribution < -0.4 is 15.4 Å². The molecule has 1 aromatic rings. The zero-order chi connectivity index (χ0) is 13.4. The SMILES string of the molecule is CC(=O)NCC(=O)NC[C@@H](C)Oc1cccnc1. The van der Waals surface area contributed by atoms with Gasteiger partial charge in [-0.2, -0.15) is 0 Å². The molecule has 0 saturated carbocycles. The third-order valence-electron chi connectivity index (χ3n) is 2.06. The zero-order valence-electron chi connectivity index (χ0n) is 10.5. The highest BCUT2D eigenvalue weighted by molar-refractivity contribution is 5.83. The van der Waals surface area contributed by atoms with E-state index in [9.17, 15) is 9.59 Å². The Morgan fingerprint density at radius 2 is 2.22 bits per heavy atom. The van der Waals surface area contributed by atoms with Crippen molar-refractivity contribution in [2.75, 3.05) is 13.1 Å². The van der Waals surface area contributed by atoms with Crippen molar-refractivity contribution in [1.29, 1.82) is 0 Å². The summed E-state index contributed by atoms with van der Waals surface area (Å²) in [7, 11) is 0. The molecule has 0 saturated heterocycles. The van der Waals surface area contributed by atoms with E-state index in [0.29, 0.717) is 12.3 Å². The van der Waals surface area contributed by atoms with Crippen LogP contribution in [0.5, 0.6) is 5.75 Å². The molecule has 1 aromatic heterocycles. The molecule has 0 aliphatic carbocycles. The lowest BCUT2D eigenvalue weighted by atomic mass is 10.3. The third kappa shape index (κ3) is 5.83. The Balaban J connectivity index is 2.22. The van der Waals surface area contributed by atoms with E-state index in [4.69, 9.17) is 4.74 Å². The second-order valence-corrected chi connectivity index (χ2v) is 3.83. The smallest absolute Gasteiger partial charge is 0.239 e. The van der Waals surface area contributed by atoms with Crippen LogP contribution in [0.2, 0.25) is 0 Å². The molecular weight excluding hydrogens is 234 g/mol. The number of aromatic nitrogens is 1. The van der Waals surface area contributed by atoms with Gasteiger partial charge >= 0.3 is 0 Å². The molecule has 98 valence electrons. The van der Waals surface area contributed by atoms with Gasteiger partial charge in [0, 0.05) is 13.1 Å². The molecule has 0 aromatic carbocycles. The van der Waals surface area contributed by atoms with Gasteiger partial charge in [0.05, 0.1) is 19.3 Å². The molecule has 18 heavy (non-hydrogen) atoms. The average Bonchev–Trinajstić information content (AvgIpc) is 2.35. The Kier molecular flexibility index (Phi) is 5.63. The predicted molar refractivity (Wildman–Crippen MR) is 66.0 cm³/mol. The van der Waals surface area contributed by atoms with Crippen LogP contribution in [0, 0.1) is 0 Å². The van der Waals surface area contributed by atoms with E-state index in [1.54, 1.807) is 24.5 Å². The van der Waals surface area contributed by atoms with Crippen LogP contribution in [-0.4, -0.2) is 36.0 Å². The van der Waals surface area contributed by atoms with Gasteiger partial charge in [-0.3, -0.25) is 14.6 Å². The largest absolute Gasteiger partial charge is 0.487 e. The number of hydrogen-bond acceptors (Lipinski definition) is 4. The summed E-state index contributed by atoms with van der Waals surface area (Å²) < 4.78 is 5.53. The Morgan fingerprint density at radius 1 is 1.44 bits per heavy atom. The van der Waals surface area contributed by atoms with Crippen molar-refractivity contribution < 1.29 is 14.3 Å². The molecule has 1 atom stereocenters. The molecule has 0 unspecified atom stereocenters. The first kappa shape index (κ1) is 14.0. The number of hydrogen-bond donors (Lipinski definition) is 2. The van der Waals surface area contributed by atoms with E-state index in [-0.39, 0.29) is 24.5 Å². The lowest BCUT2D eigenvalue weighted by Crippen LogP contribution is -2.40. The number of rotatable bonds is 6. The van der Waals surface area contributed by atoms with Crippen LogP contribution in [-0.2, 0) is 9.59 Å². The fraction of sp³-hybridized carbons (Fsp3) is 0.417. The molecule has 0 spiro atoms. The van der Waals surface area contributed by atoms with Gasteiger partial charge in [0.15, 0.2) is 0 Å². The van der Waals surface area contributed by atoms with Crippen LogP contribution >= 0.6 is 0 Å². The molecule has 0 aliphatic heterocycles. The molecule has 2 amide bonds. The van der Waals surface area contributed by atoms with Gasteiger partial charge in [0.25, 0.3) is 0 Å². The standard InChI is InChI=1S/C12H17N3O3/c1-9(18-11-4-3-5-13-7-11)6-15-12(17)8-14-10(2)16/h3-5,7,9H,6,8H2,1-2H3,(H,14,16)(H,15,17)/t9-/m1/s1. The topological polar surface area (TPSA) is 80.3 Å². The molecular formula is C12H17N3O3. The van der Waals surface area contributed by atoms with E-state index in [0.717, 1.165) is 0 Å². The van der Waals surface area contributed by atoms with Gasteiger partial charge in [-0.1, -0.05) is 0 Å². The van der Waals surface area contributed by atoms with Crippen LogP contribution in [0.4, 0.5) is 0 Å². The van der Waals surface area contributed by atoms with Crippen molar-refractivity contribution in [3.8, 4) is 5.75 Å². The number of amides is 2. The van der Waals surface area contributed by atoms with Crippen molar-refractivity contribution in [3.63, 3.8) is 0 Å². The summed E-state index contributed by atoms with van der Waals surface area (Å²) in [5, 5.41) is 5.08. The van der Waals surface area contributed by atoms with E-state index in [1.165, 1.54) is 6.92 Å².